The van der Waals surface area contributed by atoms with E-state index in [1.807, 2.05) is 0 Å². The molecule has 1 rings (SSSR count). The Morgan fingerprint density at radius 3 is 1.94 bits per heavy atom. The summed E-state index contributed by atoms with van der Waals surface area (Å²) in [5, 5.41) is 0. The summed E-state index contributed by atoms with van der Waals surface area (Å²) in [6, 6.07) is 8.32. The fourth-order valence-corrected chi connectivity index (χ4v) is 2.10. The summed E-state index contributed by atoms with van der Waals surface area (Å²) in [5.74, 6) is 1.29. The third kappa shape index (κ3) is 6.31. The molecule has 0 bridgehead atoms. The van der Waals surface area contributed by atoms with Gasteiger partial charge in [-0.2, -0.15) is 0 Å². The second-order valence-electron chi connectivity index (χ2n) is 3.28. The molecule has 0 spiro atoms. The van der Waals surface area contributed by atoms with E-state index < -0.39 is 0 Å². The van der Waals surface area contributed by atoms with Gasteiger partial charge in [0.25, 0.3) is 0 Å². The highest BCUT2D eigenvalue weighted by molar-refractivity contribution is 9.10. The second-order valence-corrected chi connectivity index (χ2v) is 4.95. The van der Waals surface area contributed by atoms with Crippen LogP contribution in [0.25, 0.3) is 0 Å². The Balaban J connectivity index is 0.00000225. The first-order valence-corrected chi connectivity index (χ1v) is 6.71. The number of hydrogen-bond acceptors (Lipinski definition) is 1. The average Bonchev–Trinajstić information content (AvgIpc) is 2.22. The van der Waals surface area contributed by atoms with Crippen LogP contribution in [0.1, 0.15) is 5.56 Å². The summed E-state index contributed by atoms with van der Waals surface area (Å²) < 4.78 is 1.10. The number of hydrogen-bond donors (Lipinski definition) is 0. The van der Waals surface area contributed by atoms with Crippen molar-refractivity contribution in [3.05, 3.63) is 34.3 Å². The molecule has 16 heavy (non-hydrogen) atoms. The summed E-state index contributed by atoms with van der Waals surface area (Å²) in [6.45, 7) is 2.67. The molecule has 0 atom stereocenters. The van der Waals surface area contributed by atoms with Crippen LogP contribution >= 0.6 is 39.1 Å². The van der Waals surface area contributed by atoms with E-state index in [-0.39, 0.29) is 12.4 Å². The van der Waals surface area contributed by atoms with Crippen molar-refractivity contribution in [2.75, 3.05) is 24.8 Å². The Morgan fingerprint density at radius 2 is 1.50 bits per heavy atom. The van der Waals surface area contributed by atoms with Crippen molar-refractivity contribution in [2.24, 2.45) is 0 Å². The van der Waals surface area contributed by atoms with Crippen LogP contribution in [-0.2, 0) is 6.54 Å². The van der Waals surface area contributed by atoms with Gasteiger partial charge >= 0.3 is 0 Å². The topological polar surface area (TPSA) is 3.24 Å². The van der Waals surface area contributed by atoms with Crippen LogP contribution in [0.15, 0.2) is 28.7 Å². The van der Waals surface area contributed by atoms with E-state index in [1.54, 1.807) is 0 Å². The summed E-state index contributed by atoms with van der Waals surface area (Å²) in [5.41, 5.74) is 1.29. The van der Waals surface area contributed by atoms with Crippen LogP contribution in [0, 0.1) is 0 Å². The molecule has 0 amide bonds. The van der Waals surface area contributed by atoms with Crippen molar-refractivity contribution in [1.82, 2.24) is 4.90 Å². The molecule has 0 unspecified atom stereocenters. The Hall–Kier alpha value is 0.530. The van der Waals surface area contributed by atoms with Crippen molar-refractivity contribution in [3.63, 3.8) is 0 Å². The standard InChI is InChI=1S/C11H14BrCl2N.ClH/c12-11-3-1-10(2-4-11)9-15(7-5-13)8-6-14;/h1-4H,5-9H2;1H/p-1. The lowest BCUT2D eigenvalue weighted by Gasteiger charge is -2.19. The molecule has 0 aliphatic carbocycles. The molecule has 0 heterocycles. The van der Waals surface area contributed by atoms with Crippen LogP contribution in [0.4, 0.5) is 0 Å². The molecule has 1 nitrogen and oxygen atoms in total. The van der Waals surface area contributed by atoms with E-state index in [9.17, 15) is 0 Å². The van der Waals surface area contributed by atoms with Crippen molar-refractivity contribution >= 4 is 39.1 Å². The predicted octanol–water partition coefficient (Wildman–Crippen LogP) is 0.733. The quantitative estimate of drug-likeness (QED) is 0.687. The smallest absolute Gasteiger partial charge is 0.0351 e. The molecule has 92 valence electrons. The fraction of sp³-hybridized carbons (Fsp3) is 0.455. The van der Waals surface area contributed by atoms with Gasteiger partial charge < -0.3 is 12.4 Å². The Labute approximate surface area is 122 Å². The van der Waals surface area contributed by atoms with Gasteiger partial charge in [-0.3, -0.25) is 4.90 Å². The maximum absolute atomic E-state index is 5.73. The molecule has 1 aromatic carbocycles. The first-order valence-electron chi connectivity index (χ1n) is 4.85. The number of benzene rings is 1. The predicted molar refractivity (Wildman–Crippen MR) is 70.9 cm³/mol. The van der Waals surface area contributed by atoms with Gasteiger partial charge in [-0.05, 0) is 17.7 Å². The lowest BCUT2D eigenvalue weighted by atomic mass is 10.2. The van der Waals surface area contributed by atoms with Gasteiger partial charge in [-0.1, -0.05) is 28.1 Å². The third-order valence-corrected chi connectivity index (χ3v) is 2.99. The van der Waals surface area contributed by atoms with Crippen molar-refractivity contribution < 1.29 is 12.4 Å². The SMILES string of the molecule is ClCCN(CCCl)Cc1ccc(Br)cc1.[Cl-]. The van der Waals surface area contributed by atoms with Gasteiger partial charge in [0.2, 0.25) is 0 Å². The zero-order chi connectivity index (χ0) is 11.1. The van der Waals surface area contributed by atoms with E-state index in [1.165, 1.54) is 5.56 Å². The minimum Gasteiger partial charge on any atom is -1.00 e. The van der Waals surface area contributed by atoms with Gasteiger partial charge in [-0.25, -0.2) is 0 Å². The monoisotopic (exact) mass is 344 g/mol. The average molecular weight is 347 g/mol. The normalized spacial score (nSPS) is 10.2. The van der Waals surface area contributed by atoms with E-state index in [2.05, 4.69) is 45.1 Å². The maximum atomic E-state index is 5.73. The molecule has 0 radical (unpaired) electrons. The van der Waals surface area contributed by atoms with Crippen LogP contribution in [0.5, 0.6) is 0 Å². The number of nitrogens with zero attached hydrogens (tertiary/aromatic N) is 1. The van der Waals surface area contributed by atoms with Crippen LogP contribution < -0.4 is 12.4 Å². The number of rotatable bonds is 6. The van der Waals surface area contributed by atoms with E-state index in [0.717, 1.165) is 24.1 Å². The van der Waals surface area contributed by atoms with Crippen LogP contribution in [0.2, 0.25) is 0 Å². The molecular formula is C11H14BrCl3N-. The van der Waals surface area contributed by atoms with Gasteiger partial charge in [-0.15, -0.1) is 23.2 Å². The molecule has 0 N–H and O–H groups in total. The first-order chi connectivity index (χ1) is 7.26. The van der Waals surface area contributed by atoms with Crippen LogP contribution in [-0.4, -0.2) is 29.7 Å². The Bertz CT molecular complexity index is 273. The number of halogens is 4. The minimum atomic E-state index is 0. The highest BCUT2D eigenvalue weighted by atomic mass is 79.9. The molecule has 0 saturated carbocycles. The Kier molecular flexibility index (Phi) is 9.87. The fourth-order valence-electron chi connectivity index (χ4n) is 1.36. The summed E-state index contributed by atoms with van der Waals surface area (Å²) in [6.07, 6.45) is 0. The summed E-state index contributed by atoms with van der Waals surface area (Å²) in [4.78, 5) is 2.25. The van der Waals surface area contributed by atoms with Crippen molar-refractivity contribution in [1.29, 1.82) is 0 Å². The molecular weight excluding hydrogens is 332 g/mol. The minimum absolute atomic E-state index is 0. The summed E-state index contributed by atoms with van der Waals surface area (Å²) >= 11 is 14.9. The molecule has 0 fully saturated rings. The van der Waals surface area contributed by atoms with Gasteiger partial charge in [0.05, 0.1) is 0 Å². The van der Waals surface area contributed by atoms with Gasteiger partial charge in [0.1, 0.15) is 0 Å². The molecule has 0 saturated heterocycles. The zero-order valence-electron chi connectivity index (χ0n) is 8.80. The Morgan fingerprint density at radius 1 is 1.00 bits per heavy atom. The highest BCUT2D eigenvalue weighted by Gasteiger charge is 2.04. The van der Waals surface area contributed by atoms with Gasteiger partial charge in [0.15, 0.2) is 0 Å². The summed E-state index contributed by atoms with van der Waals surface area (Å²) in [7, 11) is 0. The lowest BCUT2D eigenvalue weighted by molar-refractivity contribution is -0.00000284. The molecule has 0 aliphatic rings. The highest BCUT2D eigenvalue weighted by Crippen LogP contribution is 2.12. The molecule has 5 heteroatoms. The third-order valence-electron chi connectivity index (χ3n) is 2.12. The van der Waals surface area contributed by atoms with Crippen molar-refractivity contribution in [3.8, 4) is 0 Å². The largest absolute Gasteiger partial charge is 1.00 e. The van der Waals surface area contributed by atoms with Crippen molar-refractivity contribution in [2.45, 2.75) is 6.54 Å². The molecule has 1 aromatic rings. The van der Waals surface area contributed by atoms with E-state index in [4.69, 9.17) is 23.2 Å². The van der Waals surface area contributed by atoms with E-state index >= 15 is 0 Å². The molecule has 0 aliphatic heterocycles. The second kappa shape index (κ2) is 9.55. The van der Waals surface area contributed by atoms with Crippen LogP contribution in [0.3, 0.4) is 0 Å². The lowest BCUT2D eigenvalue weighted by Crippen LogP contribution is -3.00. The van der Waals surface area contributed by atoms with Gasteiger partial charge in [0, 0.05) is 35.9 Å². The number of alkyl halides is 2. The molecule has 0 aromatic heterocycles. The van der Waals surface area contributed by atoms with E-state index in [0.29, 0.717) is 11.8 Å². The first kappa shape index (κ1) is 16.5. The maximum Gasteiger partial charge on any atom is 0.0351 e. The zero-order valence-corrected chi connectivity index (χ0v) is 12.7.